The summed E-state index contributed by atoms with van der Waals surface area (Å²) in [5.41, 5.74) is 0.142. The van der Waals surface area contributed by atoms with Crippen molar-refractivity contribution in [1.29, 1.82) is 0 Å². The van der Waals surface area contributed by atoms with E-state index in [2.05, 4.69) is 20.8 Å². The van der Waals surface area contributed by atoms with Gasteiger partial charge in [0.15, 0.2) is 0 Å². The molecule has 1 heterocycles. The number of rotatable bonds is 2. The van der Waals surface area contributed by atoms with Gasteiger partial charge >= 0.3 is 5.97 Å². The molecule has 0 spiro atoms. The van der Waals surface area contributed by atoms with Crippen molar-refractivity contribution in [3.8, 4) is 0 Å². The lowest BCUT2D eigenvalue weighted by atomic mass is 9.75. The molecule has 1 aliphatic heterocycles. The second kappa shape index (κ2) is 3.21. The first-order valence-electron chi connectivity index (χ1n) is 5.70. The van der Waals surface area contributed by atoms with Crippen molar-refractivity contribution in [2.75, 3.05) is 13.2 Å². The number of hydrogen-bond acceptors (Lipinski definition) is 2. The molecule has 1 saturated heterocycles. The van der Waals surface area contributed by atoms with Crippen LogP contribution in [0, 0.1) is 22.7 Å². The maximum absolute atomic E-state index is 11.1. The van der Waals surface area contributed by atoms with Gasteiger partial charge in [-0.2, -0.15) is 0 Å². The second-order valence-electron chi connectivity index (χ2n) is 5.88. The Kier molecular flexibility index (Phi) is 2.34. The molecule has 2 atom stereocenters. The van der Waals surface area contributed by atoms with Crippen LogP contribution in [0.4, 0.5) is 0 Å². The summed E-state index contributed by atoms with van der Waals surface area (Å²) in [6.45, 7) is 7.96. The summed E-state index contributed by atoms with van der Waals surface area (Å²) in [6.07, 6.45) is 2.01. The summed E-state index contributed by atoms with van der Waals surface area (Å²) < 4.78 is 5.36. The Labute approximate surface area is 90.8 Å². The van der Waals surface area contributed by atoms with E-state index in [-0.39, 0.29) is 16.7 Å². The van der Waals surface area contributed by atoms with Crippen molar-refractivity contribution in [2.45, 2.75) is 33.6 Å². The minimum absolute atomic E-state index is 0.0298. The molecule has 0 amide bonds. The van der Waals surface area contributed by atoms with Crippen molar-refractivity contribution in [3.05, 3.63) is 0 Å². The molecule has 3 heteroatoms. The third kappa shape index (κ3) is 1.57. The maximum atomic E-state index is 11.1. The Morgan fingerprint density at radius 1 is 1.27 bits per heavy atom. The van der Waals surface area contributed by atoms with E-state index in [1.54, 1.807) is 0 Å². The van der Waals surface area contributed by atoms with Gasteiger partial charge in [0.2, 0.25) is 0 Å². The monoisotopic (exact) mass is 212 g/mol. The first-order valence-corrected chi connectivity index (χ1v) is 5.70. The van der Waals surface area contributed by atoms with Crippen LogP contribution < -0.4 is 0 Å². The zero-order chi connectivity index (χ0) is 11.3. The van der Waals surface area contributed by atoms with Gasteiger partial charge < -0.3 is 9.84 Å². The van der Waals surface area contributed by atoms with E-state index in [1.807, 2.05) is 0 Å². The highest BCUT2D eigenvalue weighted by molar-refractivity contribution is 5.75. The normalized spacial score (nSPS) is 37.3. The molecule has 1 aliphatic carbocycles. The van der Waals surface area contributed by atoms with Crippen LogP contribution in [0.5, 0.6) is 0 Å². The summed E-state index contributed by atoms with van der Waals surface area (Å²) >= 11 is 0. The lowest BCUT2D eigenvalue weighted by Gasteiger charge is -2.35. The largest absolute Gasteiger partial charge is 0.481 e. The van der Waals surface area contributed by atoms with Crippen LogP contribution in [-0.2, 0) is 9.53 Å². The molecule has 1 N–H and O–H groups in total. The smallest absolute Gasteiger partial charge is 0.307 e. The van der Waals surface area contributed by atoms with Gasteiger partial charge in [-0.05, 0) is 29.6 Å². The molecule has 0 aromatic heterocycles. The Bertz CT molecular complexity index is 277. The molecule has 0 unspecified atom stereocenters. The number of hydrogen-bond donors (Lipinski definition) is 1. The van der Waals surface area contributed by atoms with Crippen LogP contribution in [0.15, 0.2) is 0 Å². The summed E-state index contributed by atoms with van der Waals surface area (Å²) in [7, 11) is 0. The fourth-order valence-electron chi connectivity index (χ4n) is 3.55. The van der Waals surface area contributed by atoms with Gasteiger partial charge in [0, 0.05) is 13.2 Å². The molecule has 0 aromatic carbocycles. The van der Waals surface area contributed by atoms with E-state index in [1.165, 1.54) is 0 Å². The maximum Gasteiger partial charge on any atom is 0.307 e. The van der Waals surface area contributed by atoms with Crippen molar-refractivity contribution in [2.24, 2.45) is 22.7 Å². The summed E-state index contributed by atoms with van der Waals surface area (Å²) in [6, 6.07) is 0. The van der Waals surface area contributed by atoms with Crippen LogP contribution >= 0.6 is 0 Å². The molecule has 0 aromatic rings. The van der Waals surface area contributed by atoms with Crippen LogP contribution in [0.25, 0.3) is 0 Å². The highest BCUT2D eigenvalue weighted by Gasteiger charge is 2.68. The second-order valence-corrected chi connectivity index (χ2v) is 5.88. The quantitative estimate of drug-likeness (QED) is 0.763. The topological polar surface area (TPSA) is 46.5 Å². The Hall–Kier alpha value is -0.570. The van der Waals surface area contributed by atoms with Gasteiger partial charge in [-0.1, -0.05) is 20.8 Å². The highest BCUT2D eigenvalue weighted by atomic mass is 16.5. The fraction of sp³-hybridized carbons (Fsp3) is 0.917. The van der Waals surface area contributed by atoms with Gasteiger partial charge in [-0.25, -0.2) is 0 Å². The number of carbonyl (C=O) groups is 1. The predicted molar refractivity (Wildman–Crippen MR) is 56.6 cm³/mol. The number of ether oxygens (including phenoxy) is 1. The number of carboxylic acids is 1. The van der Waals surface area contributed by atoms with Gasteiger partial charge in [-0.15, -0.1) is 0 Å². The van der Waals surface area contributed by atoms with E-state index < -0.39 is 5.97 Å². The van der Waals surface area contributed by atoms with Crippen LogP contribution in [0.1, 0.15) is 33.6 Å². The Balaban J connectivity index is 2.15. The zero-order valence-electron chi connectivity index (χ0n) is 9.75. The lowest BCUT2D eigenvalue weighted by molar-refractivity contribution is -0.140. The number of carboxylic acid groups (broad SMARTS) is 1. The minimum Gasteiger partial charge on any atom is -0.481 e. The van der Waals surface area contributed by atoms with E-state index >= 15 is 0 Å². The number of aliphatic carboxylic acids is 1. The fourth-order valence-corrected chi connectivity index (χ4v) is 3.55. The molecule has 2 aliphatic rings. The van der Waals surface area contributed by atoms with Gasteiger partial charge in [-0.3, -0.25) is 4.79 Å². The van der Waals surface area contributed by atoms with Crippen LogP contribution in [0.2, 0.25) is 0 Å². The molecule has 1 saturated carbocycles. The zero-order valence-corrected chi connectivity index (χ0v) is 9.75. The molecule has 86 valence electrons. The van der Waals surface area contributed by atoms with E-state index in [0.29, 0.717) is 5.92 Å². The molecular weight excluding hydrogens is 192 g/mol. The first-order chi connectivity index (χ1) is 6.89. The molecule has 15 heavy (non-hydrogen) atoms. The standard InChI is InChI=1S/C12H20O3/c1-11(2)8(10(13)14)9(11)12(3)4-6-15-7-5-12/h8-9H,4-7H2,1-3H3,(H,13,14)/t8-,9+/m0/s1. The first kappa shape index (κ1) is 10.9. The highest BCUT2D eigenvalue weighted by Crippen LogP contribution is 2.67. The Morgan fingerprint density at radius 3 is 2.20 bits per heavy atom. The van der Waals surface area contributed by atoms with Gasteiger partial charge in [0.1, 0.15) is 0 Å². The predicted octanol–water partition coefficient (Wildman–Crippen LogP) is 2.16. The average molecular weight is 212 g/mol. The summed E-state index contributed by atoms with van der Waals surface area (Å²) in [4.78, 5) is 11.1. The SMILES string of the molecule is CC1([C@@H]2[C@@H](C(=O)O)C2(C)C)CCOCC1. The minimum atomic E-state index is -0.627. The summed E-state index contributed by atoms with van der Waals surface area (Å²) in [5.74, 6) is -0.454. The van der Waals surface area contributed by atoms with Gasteiger partial charge in [0.05, 0.1) is 5.92 Å². The Morgan fingerprint density at radius 2 is 1.80 bits per heavy atom. The third-order valence-electron chi connectivity index (χ3n) is 4.48. The molecule has 3 nitrogen and oxygen atoms in total. The molecule has 2 fully saturated rings. The van der Waals surface area contributed by atoms with Crippen molar-refractivity contribution < 1.29 is 14.6 Å². The van der Waals surface area contributed by atoms with Crippen LogP contribution in [0.3, 0.4) is 0 Å². The molecule has 2 rings (SSSR count). The lowest BCUT2D eigenvalue weighted by Crippen LogP contribution is -2.30. The molecular formula is C12H20O3. The van der Waals surface area contributed by atoms with Crippen LogP contribution in [-0.4, -0.2) is 24.3 Å². The van der Waals surface area contributed by atoms with Crippen molar-refractivity contribution in [1.82, 2.24) is 0 Å². The van der Waals surface area contributed by atoms with E-state index in [9.17, 15) is 9.90 Å². The van der Waals surface area contributed by atoms with Crippen molar-refractivity contribution in [3.63, 3.8) is 0 Å². The van der Waals surface area contributed by atoms with Crippen molar-refractivity contribution >= 4 is 5.97 Å². The van der Waals surface area contributed by atoms with Gasteiger partial charge in [0.25, 0.3) is 0 Å². The van der Waals surface area contributed by atoms with E-state index in [0.717, 1.165) is 26.1 Å². The summed E-state index contributed by atoms with van der Waals surface area (Å²) in [5, 5.41) is 9.17. The molecule has 0 bridgehead atoms. The molecule has 0 radical (unpaired) electrons. The average Bonchev–Trinajstić information content (AvgIpc) is 2.71. The third-order valence-corrected chi connectivity index (χ3v) is 4.48. The van der Waals surface area contributed by atoms with E-state index in [4.69, 9.17) is 4.74 Å².